The van der Waals surface area contributed by atoms with E-state index in [2.05, 4.69) is 14.6 Å². The zero-order chi connectivity index (χ0) is 28.4. The molecule has 3 saturated carbocycles. The fourth-order valence-electron chi connectivity index (χ4n) is 6.98. The van der Waals surface area contributed by atoms with E-state index in [9.17, 15) is 35.2 Å². The number of nitrogens with one attached hydrogen (secondary N) is 2. The molecule has 3 N–H and O–H groups in total. The van der Waals surface area contributed by atoms with E-state index in [-0.39, 0.29) is 47.2 Å². The molecule has 6 rings (SSSR count). The summed E-state index contributed by atoms with van der Waals surface area (Å²) in [6.45, 7) is 0. The molecule has 4 aliphatic carbocycles. The van der Waals surface area contributed by atoms with E-state index in [1.807, 2.05) is 0 Å². The maximum Gasteiger partial charge on any atom is 0.391 e. The summed E-state index contributed by atoms with van der Waals surface area (Å²) in [4.78, 5) is -0.0871. The van der Waals surface area contributed by atoms with Gasteiger partial charge in [-0.05, 0) is 92.2 Å². The predicted octanol–water partition coefficient (Wildman–Crippen LogP) is 4.76. The maximum atomic E-state index is 13.2. The van der Waals surface area contributed by atoms with E-state index in [0.717, 1.165) is 25.7 Å². The Balaban J connectivity index is 1.22. The smallest absolute Gasteiger partial charge is 0.391 e. The molecule has 0 heterocycles. The maximum absolute atomic E-state index is 13.2. The van der Waals surface area contributed by atoms with Crippen LogP contribution in [0, 0.1) is 17.8 Å². The minimum Gasteiger partial charge on any atom is -0.410 e. The molecule has 3 unspecified atom stereocenters. The number of sulfonamides is 2. The van der Waals surface area contributed by atoms with Crippen molar-refractivity contribution in [2.45, 2.75) is 79.4 Å². The molecule has 3 fully saturated rings. The molecule has 4 aliphatic rings. The fourth-order valence-corrected chi connectivity index (χ4v) is 9.65. The van der Waals surface area contributed by atoms with Gasteiger partial charge in [-0.1, -0.05) is 23.7 Å². The fraction of sp³-hybridized carbons (Fsp3) is 0.519. The minimum atomic E-state index is -4.29. The van der Waals surface area contributed by atoms with Crippen LogP contribution in [0.3, 0.4) is 0 Å². The molecule has 3 atom stereocenters. The summed E-state index contributed by atoms with van der Waals surface area (Å²) in [6.07, 6.45) is -0.366. The minimum absolute atomic E-state index is 0.0342. The van der Waals surface area contributed by atoms with E-state index >= 15 is 0 Å². The Labute approximate surface area is 231 Å². The highest BCUT2D eigenvalue weighted by Gasteiger charge is 2.43. The molecule has 40 heavy (non-hydrogen) atoms. The van der Waals surface area contributed by atoms with Crippen molar-refractivity contribution < 1.29 is 35.2 Å². The number of halogens is 3. The van der Waals surface area contributed by atoms with Crippen molar-refractivity contribution in [3.05, 3.63) is 47.5 Å². The summed E-state index contributed by atoms with van der Waals surface area (Å²) in [5.74, 6) is -0.510. The average Bonchev–Trinajstić information content (AvgIpc) is 3.60. The normalized spacial score (nSPS) is 29.1. The number of fused-ring (bicyclic) bond motifs is 5. The third-order valence-corrected chi connectivity index (χ3v) is 12.1. The Kier molecular flexibility index (Phi) is 6.79. The monoisotopic (exact) mass is 597 g/mol. The number of alkyl halides is 3. The molecule has 0 saturated heterocycles. The van der Waals surface area contributed by atoms with Gasteiger partial charge in [-0.15, -0.1) is 0 Å². The van der Waals surface area contributed by atoms with Crippen molar-refractivity contribution in [3.8, 4) is 11.1 Å². The molecule has 8 nitrogen and oxygen atoms in total. The van der Waals surface area contributed by atoms with E-state index in [1.54, 1.807) is 12.1 Å². The SMILES string of the molecule is O=S(=O)(NC1CCC(C(F)(F)F)CC1)c1ccc2c(c1)/C(=N\O)c1cc(S(=O)(=O)NC3CC4CCC3C4)ccc1-2. The standard InChI is InChI=1S/C27H30F3N3O5S2/c28-27(29,30)17-3-5-18(6-4-17)32-39(35,36)19-7-9-21-22-10-8-20(14-24(22)26(31-34)23(21)13-19)40(37,38)33-25-12-15-1-2-16(25)11-15/h7-10,13-18,25,32-34H,1-6,11-12H2/b31-26+. The first-order valence-corrected chi connectivity index (χ1v) is 16.4. The third kappa shape index (κ3) is 4.94. The van der Waals surface area contributed by atoms with Gasteiger partial charge < -0.3 is 5.21 Å². The number of oxime groups is 1. The summed E-state index contributed by atoms with van der Waals surface area (Å²) in [5.41, 5.74) is 1.91. The number of hydrogen-bond donors (Lipinski definition) is 3. The van der Waals surface area contributed by atoms with E-state index in [4.69, 9.17) is 0 Å². The van der Waals surface area contributed by atoms with Crippen molar-refractivity contribution >= 4 is 25.8 Å². The molecule has 2 bridgehead atoms. The molecule has 13 heteroatoms. The van der Waals surface area contributed by atoms with Gasteiger partial charge in [-0.2, -0.15) is 13.2 Å². The van der Waals surface area contributed by atoms with Gasteiger partial charge in [0.25, 0.3) is 0 Å². The first-order chi connectivity index (χ1) is 18.9. The molecule has 2 aromatic rings. The van der Waals surface area contributed by atoms with Gasteiger partial charge in [0.05, 0.1) is 15.7 Å². The van der Waals surface area contributed by atoms with Crippen LogP contribution in [0.1, 0.15) is 62.5 Å². The number of hydrogen-bond acceptors (Lipinski definition) is 6. The molecule has 0 spiro atoms. The van der Waals surface area contributed by atoms with Crippen LogP contribution in [0.4, 0.5) is 13.2 Å². The van der Waals surface area contributed by atoms with Crippen molar-refractivity contribution in [2.24, 2.45) is 22.9 Å². The Hall–Kier alpha value is -2.48. The second-order valence-electron chi connectivity index (χ2n) is 11.5. The van der Waals surface area contributed by atoms with E-state index in [1.165, 1.54) is 24.3 Å². The quantitative estimate of drug-likeness (QED) is 0.279. The number of nitrogens with zero attached hydrogens (tertiary/aromatic N) is 1. The lowest BCUT2D eigenvalue weighted by molar-refractivity contribution is -0.182. The lowest BCUT2D eigenvalue weighted by atomic mass is 9.86. The van der Waals surface area contributed by atoms with Crippen LogP contribution in [-0.2, 0) is 20.0 Å². The topological polar surface area (TPSA) is 125 Å². The molecular weight excluding hydrogens is 567 g/mol. The first kappa shape index (κ1) is 27.7. The molecule has 2 aromatic carbocycles. The van der Waals surface area contributed by atoms with Gasteiger partial charge in [0.1, 0.15) is 5.71 Å². The van der Waals surface area contributed by atoms with Crippen molar-refractivity contribution in [2.75, 3.05) is 0 Å². The zero-order valence-electron chi connectivity index (χ0n) is 21.5. The van der Waals surface area contributed by atoms with E-state index in [0.29, 0.717) is 34.1 Å². The van der Waals surface area contributed by atoms with Crippen LogP contribution in [0.2, 0.25) is 0 Å². The predicted molar refractivity (Wildman–Crippen MR) is 141 cm³/mol. The van der Waals surface area contributed by atoms with Crippen LogP contribution >= 0.6 is 0 Å². The first-order valence-electron chi connectivity index (χ1n) is 13.5. The Morgan fingerprint density at radius 1 is 0.750 bits per heavy atom. The van der Waals surface area contributed by atoms with Gasteiger partial charge in [0, 0.05) is 23.2 Å². The molecule has 0 aromatic heterocycles. The largest absolute Gasteiger partial charge is 0.410 e. The summed E-state index contributed by atoms with van der Waals surface area (Å²) < 4.78 is 97.0. The highest BCUT2D eigenvalue weighted by atomic mass is 32.2. The van der Waals surface area contributed by atoms with Gasteiger partial charge in [0.2, 0.25) is 20.0 Å². The van der Waals surface area contributed by atoms with Crippen LogP contribution in [-0.4, -0.2) is 46.0 Å². The second kappa shape index (κ2) is 9.81. The van der Waals surface area contributed by atoms with E-state index < -0.39 is 38.2 Å². The molecule has 0 amide bonds. The summed E-state index contributed by atoms with van der Waals surface area (Å²) >= 11 is 0. The highest BCUT2D eigenvalue weighted by molar-refractivity contribution is 7.89. The van der Waals surface area contributed by atoms with Crippen LogP contribution < -0.4 is 9.44 Å². The zero-order valence-corrected chi connectivity index (χ0v) is 23.1. The van der Waals surface area contributed by atoms with Crippen molar-refractivity contribution in [1.29, 1.82) is 0 Å². The van der Waals surface area contributed by atoms with Crippen LogP contribution in [0.15, 0.2) is 51.3 Å². The Bertz CT molecular complexity index is 1580. The lowest BCUT2D eigenvalue weighted by Gasteiger charge is -2.30. The lowest BCUT2D eigenvalue weighted by Crippen LogP contribution is -2.40. The summed E-state index contributed by atoms with van der Waals surface area (Å²) in [5, 5.41) is 13.2. The average molecular weight is 598 g/mol. The highest BCUT2D eigenvalue weighted by Crippen LogP contribution is 2.45. The number of benzene rings is 2. The van der Waals surface area contributed by atoms with Gasteiger partial charge in [0.15, 0.2) is 0 Å². The second-order valence-corrected chi connectivity index (χ2v) is 14.9. The van der Waals surface area contributed by atoms with Crippen LogP contribution in [0.5, 0.6) is 0 Å². The summed E-state index contributed by atoms with van der Waals surface area (Å²) in [7, 11) is -7.91. The number of rotatable bonds is 6. The molecule has 0 radical (unpaired) electrons. The summed E-state index contributed by atoms with van der Waals surface area (Å²) in [6, 6.07) is 8.12. The van der Waals surface area contributed by atoms with Crippen molar-refractivity contribution in [3.63, 3.8) is 0 Å². The Morgan fingerprint density at radius 2 is 1.32 bits per heavy atom. The van der Waals surface area contributed by atoms with Gasteiger partial charge in [-0.3, -0.25) is 0 Å². The van der Waals surface area contributed by atoms with Crippen LogP contribution in [0.25, 0.3) is 11.1 Å². The Morgan fingerprint density at radius 3 is 1.80 bits per heavy atom. The van der Waals surface area contributed by atoms with Gasteiger partial charge >= 0.3 is 6.18 Å². The third-order valence-electron chi connectivity index (χ3n) is 9.06. The van der Waals surface area contributed by atoms with Crippen molar-refractivity contribution in [1.82, 2.24) is 9.44 Å². The molecule has 0 aliphatic heterocycles. The molecular formula is C27H30F3N3O5S2. The van der Waals surface area contributed by atoms with Gasteiger partial charge in [-0.25, -0.2) is 26.3 Å². The molecule has 216 valence electrons.